The molecule has 0 radical (unpaired) electrons. The first-order chi connectivity index (χ1) is 8.69. The highest BCUT2D eigenvalue weighted by Crippen LogP contribution is 2.25. The number of benzene rings is 2. The van der Waals surface area contributed by atoms with Gasteiger partial charge in [-0.25, -0.2) is 0 Å². The summed E-state index contributed by atoms with van der Waals surface area (Å²) in [5, 5.41) is 8.97. The molecule has 0 bridgehead atoms. The van der Waals surface area contributed by atoms with Crippen LogP contribution in [-0.2, 0) is 6.61 Å². The maximum atomic E-state index is 8.97. The summed E-state index contributed by atoms with van der Waals surface area (Å²) in [6.07, 6.45) is 0. The van der Waals surface area contributed by atoms with Crippen LogP contribution in [0.15, 0.2) is 48.5 Å². The van der Waals surface area contributed by atoms with Gasteiger partial charge >= 0.3 is 0 Å². The monoisotopic (exact) mass is 243 g/mol. The summed E-state index contributed by atoms with van der Waals surface area (Å²) in [5.74, 6) is 1.57. The van der Waals surface area contributed by atoms with Crippen molar-refractivity contribution in [2.75, 3.05) is 19.0 Å². The molecule has 0 unspecified atom stereocenters. The first kappa shape index (κ1) is 12.5. The highest BCUT2D eigenvalue weighted by Gasteiger charge is 2.00. The maximum absolute atomic E-state index is 8.97. The molecule has 0 aliphatic rings. The van der Waals surface area contributed by atoms with Gasteiger partial charge in [0.2, 0.25) is 0 Å². The average Bonchev–Trinajstić information content (AvgIpc) is 2.40. The van der Waals surface area contributed by atoms with Gasteiger partial charge in [-0.15, -0.1) is 0 Å². The summed E-state index contributed by atoms with van der Waals surface area (Å²) in [6.45, 7) is 0.0520. The Bertz CT molecular complexity index is 506. The Morgan fingerprint density at radius 2 is 1.72 bits per heavy atom. The molecule has 0 saturated heterocycles. The topological polar surface area (TPSA) is 32.7 Å². The molecule has 0 aliphatic heterocycles. The van der Waals surface area contributed by atoms with Crippen LogP contribution in [-0.4, -0.2) is 19.2 Å². The molecule has 3 heteroatoms. The standard InChI is InChI=1S/C15H17NO2/c1-16(2)13-4-3-5-15(10-13)18-14-8-6-12(11-17)7-9-14/h3-10,17H,11H2,1-2H3. The Balaban J connectivity index is 2.15. The molecule has 0 atom stereocenters. The van der Waals surface area contributed by atoms with E-state index in [1.165, 1.54) is 0 Å². The number of aliphatic hydroxyl groups is 1. The highest BCUT2D eigenvalue weighted by atomic mass is 16.5. The molecule has 0 aliphatic carbocycles. The van der Waals surface area contributed by atoms with E-state index < -0.39 is 0 Å². The molecule has 1 N–H and O–H groups in total. The zero-order valence-corrected chi connectivity index (χ0v) is 10.6. The van der Waals surface area contributed by atoms with Gasteiger partial charge < -0.3 is 14.7 Å². The minimum absolute atomic E-state index is 0.0520. The van der Waals surface area contributed by atoms with Crippen LogP contribution in [0.3, 0.4) is 0 Å². The fraction of sp³-hybridized carbons (Fsp3) is 0.200. The van der Waals surface area contributed by atoms with Crippen molar-refractivity contribution in [1.29, 1.82) is 0 Å². The lowest BCUT2D eigenvalue weighted by Gasteiger charge is -2.14. The fourth-order valence-electron chi connectivity index (χ4n) is 1.62. The second kappa shape index (κ2) is 5.56. The van der Waals surface area contributed by atoms with E-state index >= 15 is 0 Å². The quantitative estimate of drug-likeness (QED) is 0.896. The van der Waals surface area contributed by atoms with Gasteiger partial charge in [-0.3, -0.25) is 0 Å². The molecule has 0 saturated carbocycles. The summed E-state index contributed by atoms with van der Waals surface area (Å²) < 4.78 is 5.76. The van der Waals surface area contributed by atoms with Crippen LogP contribution in [0.2, 0.25) is 0 Å². The number of nitrogens with zero attached hydrogens (tertiary/aromatic N) is 1. The molecule has 0 fully saturated rings. The van der Waals surface area contributed by atoms with E-state index in [4.69, 9.17) is 9.84 Å². The van der Waals surface area contributed by atoms with Crippen LogP contribution in [0.4, 0.5) is 5.69 Å². The third-order valence-corrected chi connectivity index (χ3v) is 2.68. The molecule has 94 valence electrons. The number of hydrogen-bond donors (Lipinski definition) is 1. The second-order valence-corrected chi connectivity index (χ2v) is 4.30. The lowest BCUT2D eigenvalue weighted by molar-refractivity contribution is 0.281. The molecular formula is C15H17NO2. The first-order valence-electron chi connectivity index (χ1n) is 5.84. The van der Waals surface area contributed by atoms with Crippen molar-refractivity contribution in [1.82, 2.24) is 0 Å². The Kier molecular flexibility index (Phi) is 3.85. The van der Waals surface area contributed by atoms with E-state index in [9.17, 15) is 0 Å². The van der Waals surface area contributed by atoms with Gasteiger partial charge in [0.05, 0.1) is 6.61 Å². The molecule has 0 heterocycles. The Morgan fingerprint density at radius 3 is 2.33 bits per heavy atom. The zero-order chi connectivity index (χ0) is 13.0. The van der Waals surface area contributed by atoms with Crippen LogP contribution in [0, 0.1) is 0 Å². The number of hydrogen-bond acceptors (Lipinski definition) is 3. The van der Waals surface area contributed by atoms with E-state index in [0.29, 0.717) is 0 Å². The first-order valence-corrected chi connectivity index (χ1v) is 5.84. The largest absolute Gasteiger partial charge is 0.457 e. The van der Waals surface area contributed by atoms with E-state index in [2.05, 4.69) is 0 Å². The summed E-state index contributed by atoms with van der Waals surface area (Å²) in [5.41, 5.74) is 1.98. The third-order valence-electron chi connectivity index (χ3n) is 2.68. The SMILES string of the molecule is CN(C)c1cccc(Oc2ccc(CO)cc2)c1. The molecule has 3 nitrogen and oxygen atoms in total. The molecule has 0 amide bonds. The summed E-state index contributed by atoms with van der Waals surface area (Å²) >= 11 is 0. The van der Waals surface area contributed by atoms with Crippen LogP contribution >= 0.6 is 0 Å². The van der Waals surface area contributed by atoms with Crippen molar-refractivity contribution < 1.29 is 9.84 Å². The van der Waals surface area contributed by atoms with Crippen molar-refractivity contribution in [2.45, 2.75) is 6.61 Å². The maximum Gasteiger partial charge on any atom is 0.129 e. The lowest BCUT2D eigenvalue weighted by Crippen LogP contribution is -2.08. The number of anilines is 1. The van der Waals surface area contributed by atoms with Crippen molar-refractivity contribution in [3.63, 3.8) is 0 Å². The number of rotatable bonds is 4. The third kappa shape index (κ3) is 3.02. The van der Waals surface area contributed by atoms with Crippen molar-refractivity contribution in [3.8, 4) is 11.5 Å². The number of aliphatic hydroxyl groups excluding tert-OH is 1. The van der Waals surface area contributed by atoms with E-state index in [-0.39, 0.29) is 6.61 Å². The van der Waals surface area contributed by atoms with Crippen LogP contribution in [0.5, 0.6) is 11.5 Å². The average molecular weight is 243 g/mol. The molecule has 0 aromatic heterocycles. The van der Waals surface area contributed by atoms with Crippen LogP contribution in [0.25, 0.3) is 0 Å². The Hall–Kier alpha value is -2.00. The smallest absolute Gasteiger partial charge is 0.129 e. The van der Waals surface area contributed by atoms with Gasteiger partial charge in [0.25, 0.3) is 0 Å². The van der Waals surface area contributed by atoms with Crippen LogP contribution < -0.4 is 9.64 Å². The second-order valence-electron chi connectivity index (χ2n) is 4.30. The molecule has 18 heavy (non-hydrogen) atoms. The van der Waals surface area contributed by atoms with Gasteiger partial charge in [-0.05, 0) is 29.8 Å². The normalized spacial score (nSPS) is 10.2. The molecule has 2 aromatic carbocycles. The van der Waals surface area contributed by atoms with Crippen molar-refractivity contribution >= 4 is 5.69 Å². The van der Waals surface area contributed by atoms with Crippen LogP contribution in [0.1, 0.15) is 5.56 Å². The predicted octanol–water partition coefficient (Wildman–Crippen LogP) is 3.04. The fourth-order valence-corrected chi connectivity index (χ4v) is 1.62. The van der Waals surface area contributed by atoms with E-state index in [1.54, 1.807) is 0 Å². The summed E-state index contributed by atoms with van der Waals surface area (Å²) in [6, 6.07) is 15.3. The highest BCUT2D eigenvalue weighted by molar-refractivity contribution is 5.50. The summed E-state index contributed by atoms with van der Waals surface area (Å²) in [7, 11) is 3.99. The Morgan fingerprint density at radius 1 is 1.00 bits per heavy atom. The minimum Gasteiger partial charge on any atom is -0.457 e. The lowest BCUT2D eigenvalue weighted by atomic mass is 10.2. The molecule has 0 spiro atoms. The molecule has 2 rings (SSSR count). The van der Waals surface area contributed by atoms with Gasteiger partial charge in [0.1, 0.15) is 11.5 Å². The summed E-state index contributed by atoms with van der Waals surface area (Å²) in [4.78, 5) is 2.03. The van der Waals surface area contributed by atoms with E-state index in [0.717, 1.165) is 22.7 Å². The Labute approximate surface area is 107 Å². The van der Waals surface area contributed by atoms with Crippen molar-refractivity contribution in [3.05, 3.63) is 54.1 Å². The zero-order valence-electron chi connectivity index (χ0n) is 10.6. The van der Waals surface area contributed by atoms with Gasteiger partial charge in [0.15, 0.2) is 0 Å². The molecule has 2 aromatic rings. The van der Waals surface area contributed by atoms with Gasteiger partial charge in [-0.2, -0.15) is 0 Å². The number of ether oxygens (including phenoxy) is 1. The van der Waals surface area contributed by atoms with Gasteiger partial charge in [0, 0.05) is 25.8 Å². The predicted molar refractivity (Wildman–Crippen MR) is 73.2 cm³/mol. The molecular weight excluding hydrogens is 226 g/mol. The minimum atomic E-state index is 0.0520. The van der Waals surface area contributed by atoms with Crippen molar-refractivity contribution in [2.24, 2.45) is 0 Å². The van der Waals surface area contributed by atoms with E-state index in [1.807, 2.05) is 67.5 Å². The van der Waals surface area contributed by atoms with Gasteiger partial charge in [-0.1, -0.05) is 18.2 Å².